The quantitative estimate of drug-likeness (QED) is 0.882. The number of hydrogen-bond donors (Lipinski definition) is 2. The van der Waals surface area contributed by atoms with E-state index in [-0.39, 0.29) is 18.5 Å². The number of aromatic amines is 1. The zero-order valence-corrected chi connectivity index (χ0v) is 14.9. The first kappa shape index (κ1) is 17.2. The molecule has 8 heteroatoms. The first-order chi connectivity index (χ1) is 11.8. The highest BCUT2D eigenvalue weighted by molar-refractivity contribution is 5.94. The zero-order valence-electron chi connectivity index (χ0n) is 14.9. The maximum atomic E-state index is 12.8. The van der Waals surface area contributed by atoms with Crippen molar-refractivity contribution in [3.63, 3.8) is 0 Å². The number of nitrogens with zero attached hydrogens (tertiary/aromatic N) is 4. The lowest BCUT2D eigenvalue weighted by Gasteiger charge is -2.36. The number of carboxylic acids is 1. The third-order valence-corrected chi connectivity index (χ3v) is 5.07. The molecular formula is C17H23N5O3. The van der Waals surface area contributed by atoms with Crippen LogP contribution in [-0.2, 0) is 11.8 Å². The van der Waals surface area contributed by atoms with E-state index in [1.807, 2.05) is 27.8 Å². The van der Waals surface area contributed by atoms with Gasteiger partial charge in [0, 0.05) is 30.9 Å². The van der Waals surface area contributed by atoms with Gasteiger partial charge in [-0.15, -0.1) is 0 Å². The molecule has 1 amide bonds. The van der Waals surface area contributed by atoms with E-state index in [0.29, 0.717) is 24.2 Å². The van der Waals surface area contributed by atoms with Crippen molar-refractivity contribution in [2.75, 3.05) is 6.54 Å². The third kappa shape index (κ3) is 3.04. The van der Waals surface area contributed by atoms with Gasteiger partial charge in [-0.1, -0.05) is 0 Å². The summed E-state index contributed by atoms with van der Waals surface area (Å²) in [4.78, 5) is 25.7. The Morgan fingerprint density at radius 2 is 2.04 bits per heavy atom. The topological polar surface area (TPSA) is 104 Å². The Kier molecular flexibility index (Phi) is 4.36. The Hall–Kier alpha value is -2.64. The van der Waals surface area contributed by atoms with Crippen LogP contribution in [0.2, 0.25) is 0 Å². The Balaban J connectivity index is 1.86. The zero-order chi connectivity index (χ0) is 18.3. The molecule has 2 atom stereocenters. The number of hydrogen-bond acceptors (Lipinski definition) is 4. The van der Waals surface area contributed by atoms with E-state index >= 15 is 0 Å². The van der Waals surface area contributed by atoms with Gasteiger partial charge in [-0.2, -0.15) is 10.2 Å². The number of piperidine rings is 1. The van der Waals surface area contributed by atoms with Crippen LogP contribution >= 0.6 is 0 Å². The van der Waals surface area contributed by atoms with Crippen LogP contribution in [-0.4, -0.2) is 54.4 Å². The van der Waals surface area contributed by atoms with Crippen molar-refractivity contribution in [2.24, 2.45) is 13.0 Å². The predicted molar refractivity (Wildman–Crippen MR) is 91.1 cm³/mol. The SMILES string of the molecule is Cc1nn(C)c(C)c1-c1cc(C(=O)N2CC(C(=O)O)CCC2C)[nH]n1. The molecule has 0 saturated carbocycles. The fourth-order valence-corrected chi connectivity index (χ4v) is 3.45. The number of carbonyl (C=O) groups excluding carboxylic acids is 1. The van der Waals surface area contributed by atoms with Crippen LogP contribution in [0.15, 0.2) is 6.07 Å². The molecule has 1 aliphatic heterocycles. The molecule has 1 saturated heterocycles. The minimum atomic E-state index is -0.850. The summed E-state index contributed by atoms with van der Waals surface area (Å²) in [5.41, 5.74) is 3.78. The number of aryl methyl sites for hydroxylation is 2. The fraction of sp³-hybridized carbons (Fsp3) is 0.529. The number of aromatic nitrogens is 4. The summed E-state index contributed by atoms with van der Waals surface area (Å²) in [6, 6.07) is 1.73. The van der Waals surface area contributed by atoms with Crippen molar-refractivity contribution in [3.05, 3.63) is 23.1 Å². The Bertz CT molecular complexity index is 822. The molecule has 3 rings (SSSR count). The summed E-state index contributed by atoms with van der Waals surface area (Å²) in [6.45, 7) is 6.04. The van der Waals surface area contributed by atoms with E-state index in [1.54, 1.807) is 15.6 Å². The third-order valence-electron chi connectivity index (χ3n) is 5.07. The van der Waals surface area contributed by atoms with Crippen molar-refractivity contribution in [3.8, 4) is 11.3 Å². The normalized spacial score (nSPS) is 20.7. The van der Waals surface area contributed by atoms with Gasteiger partial charge in [-0.3, -0.25) is 19.4 Å². The van der Waals surface area contributed by atoms with E-state index in [9.17, 15) is 14.7 Å². The van der Waals surface area contributed by atoms with Crippen LogP contribution in [0.25, 0.3) is 11.3 Å². The summed E-state index contributed by atoms with van der Waals surface area (Å²) < 4.78 is 1.78. The number of carbonyl (C=O) groups is 2. The predicted octanol–water partition coefficient (Wildman–Crippen LogP) is 1.75. The molecule has 25 heavy (non-hydrogen) atoms. The van der Waals surface area contributed by atoms with E-state index in [4.69, 9.17) is 0 Å². The summed E-state index contributed by atoms with van der Waals surface area (Å²) in [6.07, 6.45) is 1.28. The molecule has 0 aliphatic carbocycles. The first-order valence-electron chi connectivity index (χ1n) is 8.39. The number of rotatable bonds is 3. The fourth-order valence-electron chi connectivity index (χ4n) is 3.45. The van der Waals surface area contributed by atoms with Crippen LogP contribution in [0.1, 0.15) is 41.6 Å². The van der Waals surface area contributed by atoms with E-state index in [1.165, 1.54) is 0 Å². The molecular weight excluding hydrogens is 322 g/mol. The highest BCUT2D eigenvalue weighted by atomic mass is 16.4. The van der Waals surface area contributed by atoms with Crippen molar-refractivity contribution >= 4 is 11.9 Å². The lowest BCUT2D eigenvalue weighted by atomic mass is 9.93. The van der Waals surface area contributed by atoms with Gasteiger partial charge >= 0.3 is 5.97 Å². The highest BCUT2D eigenvalue weighted by Gasteiger charge is 2.33. The van der Waals surface area contributed by atoms with Crippen molar-refractivity contribution in [2.45, 2.75) is 39.7 Å². The maximum Gasteiger partial charge on any atom is 0.308 e. The van der Waals surface area contributed by atoms with Gasteiger partial charge < -0.3 is 10.0 Å². The van der Waals surface area contributed by atoms with Gasteiger partial charge in [0.2, 0.25) is 0 Å². The molecule has 2 aromatic heterocycles. The molecule has 134 valence electrons. The molecule has 1 aliphatic rings. The molecule has 1 fully saturated rings. The number of aliphatic carboxylic acids is 1. The van der Waals surface area contributed by atoms with Crippen molar-refractivity contribution in [1.29, 1.82) is 0 Å². The van der Waals surface area contributed by atoms with Crippen molar-refractivity contribution in [1.82, 2.24) is 24.9 Å². The lowest BCUT2D eigenvalue weighted by Crippen LogP contribution is -2.47. The number of nitrogens with one attached hydrogen (secondary N) is 1. The van der Waals surface area contributed by atoms with Crippen LogP contribution in [0.5, 0.6) is 0 Å². The van der Waals surface area contributed by atoms with Crippen LogP contribution in [0.3, 0.4) is 0 Å². The largest absolute Gasteiger partial charge is 0.481 e. The number of amides is 1. The Labute approximate surface area is 145 Å². The Morgan fingerprint density at radius 3 is 2.64 bits per heavy atom. The molecule has 0 spiro atoms. The van der Waals surface area contributed by atoms with Gasteiger partial charge in [0.15, 0.2) is 0 Å². The summed E-state index contributed by atoms with van der Waals surface area (Å²) in [7, 11) is 1.87. The maximum absolute atomic E-state index is 12.8. The average molecular weight is 345 g/mol. The molecule has 3 heterocycles. The second kappa shape index (κ2) is 6.34. The molecule has 2 unspecified atom stereocenters. The van der Waals surface area contributed by atoms with Gasteiger partial charge in [-0.25, -0.2) is 0 Å². The van der Waals surface area contributed by atoms with E-state index in [2.05, 4.69) is 15.3 Å². The Morgan fingerprint density at radius 1 is 1.32 bits per heavy atom. The minimum absolute atomic E-state index is 0.0108. The van der Waals surface area contributed by atoms with Gasteiger partial charge in [-0.05, 0) is 39.7 Å². The molecule has 0 bridgehead atoms. The average Bonchev–Trinajstić information content (AvgIpc) is 3.12. The lowest BCUT2D eigenvalue weighted by molar-refractivity contribution is -0.143. The van der Waals surface area contributed by atoms with Gasteiger partial charge in [0.05, 0.1) is 17.3 Å². The van der Waals surface area contributed by atoms with Gasteiger partial charge in [0.1, 0.15) is 5.69 Å². The molecule has 2 aromatic rings. The number of likely N-dealkylation sites (tertiary alicyclic amines) is 1. The first-order valence-corrected chi connectivity index (χ1v) is 8.39. The van der Waals surface area contributed by atoms with E-state index in [0.717, 1.165) is 17.0 Å². The summed E-state index contributed by atoms with van der Waals surface area (Å²) >= 11 is 0. The van der Waals surface area contributed by atoms with Crippen molar-refractivity contribution < 1.29 is 14.7 Å². The molecule has 2 N–H and O–H groups in total. The summed E-state index contributed by atoms with van der Waals surface area (Å²) in [5.74, 6) is -1.57. The highest BCUT2D eigenvalue weighted by Crippen LogP contribution is 2.27. The van der Waals surface area contributed by atoms with Crippen LogP contribution < -0.4 is 0 Å². The van der Waals surface area contributed by atoms with Crippen LogP contribution in [0, 0.1) is 19.8 Å². The molecule has 0 aromatic carbocycles. The smallest absolute Gasteiger partial charge is 0.308 e. The minimum Gasteiger partial charge on any atom is -0.481 e. The molecule has 0 radical (unpaired) electrons. The standard InChI is InChI=1S/C17H23N5O3/c1-9-5-6-12(17(24)25)8-22(9)16(23)14-7-13(18-19-14)15-10(2)20-21(4)11(15)3/h7,9,12H,5-6,8H2,1-4H3,(H,18,19)(H,24,25). The number of carboxylic acid groups (broad SMARTS) is 1. The number of H-pyrrole nitrogens is 1. The van der Waals surface area contributed by atoms with Gasteiger partial charge in [0.25, 0.3) is 5.91 Å². The monoisotopic (exact) mass is 345 g/mol. The second-order valence-corrected chi connectivity index (χ2v) is 6.76. The van der Waals surface area contributed by atoms with Crippen LogP contribution in [0.4, 0.5) is 0 Å². The van der Waals surface area contributed by atoms with E-state index < -0.39 is 11.9 Å². The summed E-state index contributed by atoms with van der Waals surface area (Å²) in [5, 5.41) is 20.7. The molecule has 8 nitrogen and oxygen atoms in total. The second-order valence-electron chi connectivity index (χ2n) is 6.76.